The Kier molecular flexibility index (Phi) is 7.27. The molecule has 8 nitrogen and oxygen atoms in total. The van der Waals surface area contributed by atoms with E-state index in [1.807, 2.05) is 13.8 Å². The summed E-state index contributed by atoms with van der Waals surface area (Å²) in [6.07, 6.45) is 0.349. The van der Waals surface area contributed by atoms with Crippen molar-refractivity contribution in [3.05, 3.63) is 21.5 Å². The summed E-state index contributed by atoms with van der Waals surface area (Å²) in [5.74, 6) is 0. The van der Waals surface area contributed by atoms with Crippen LogP contribution in [0.4, 0.5) is 5.69 Å². The highest BCUT2D eigenvalue weighted by atomic mass is 16.6. The monoisotopic (exact) mass is 300 g/mol. The van der Waals surface area contributed by atoms with Crippen molar-refractivity contribution in [2.75, 3.05) is 26.8 Å². The van der Waals surface area contributed by atoms with Gasteiger partial charge in [0, 0.05) is 20.2 Å². The number of rotatable bonds is 10. The standard InChI is InChI=1S/C13H24N4O4/c1-4-11-13(17(19)20)12(5-2)16(15-11)9-10(18)8-14-6-7-21-3/h10,14,18H,4-9H2,1-3H3. The van der Waals surface area contributed by atoms with Gasteiger partial charge in [0.05, 0.1) is 24.2 Å². The normalized spacial score (nSPS) is 12.6. The minimum atomic E-state index is -0.656. The highest BCUT2D eigenvalue weighted by Gasteiger charge is 2.26. The van der Waals surface area contributed by atoms with Crippen LogP contribution in [0.15, 0.2) is 0 Å². The summed E-state index contributed by atoms with van der Waals surface area (Å²) < 4.78 is 6.46. The maximum Gasteiger partial charge on any atom is 0.313 e. The van der Waals surface area contributed by atoms with Gasteiger partial charge in [0.15, 0.2) is 0 Å². The number of nitrogens with one attached hydrogen (secondary N) is 1. The van der Waals surface area contributed by atoms with E-state index in [-0.39, 0.29) is 17.2 Å². The number of aliphatic hydroxyl groups is 1. The average molecular weight is 300 g/mol. The molecule has 1 aromatic heterocycles. The second-order valence-electron chi connectivity index (χ2n) is 4.74. The van der Waals surface area contributed by atoms with Gasteiger partial charge in [-0.3, -0.25) is 14.8 Å². The van der Waals surface area contributed by atoms with E-state index in [1.165, 1.54) is 0 Å². The molecule has 2 N–H and O–H groups in total. The van der Waals surface area contributed by atoms with Gasteiger partial charge in [-0.2, -0.15) is 5.10 Å². The fourth-order valence-electron chi connectivity index (χ4n) is 2.20. The summed E-state index contributed by atoms with van der Waals surface area (Å²) in [6, 6.07) is 0. The molecule has 8 heteroatoms. The first-order chi connectivity index (χ1) is 10.0. The summed E-state index contributed by atoms with van der Waals surface area (Å²) in [6.45, 7) is 5.53. The van der Waals surface area contributed by atoms with Crippen LogP contribution in [0, 0.1) is 10.1 Å². The van der Waals surface area contributed by atoms with Crippen LogP contribution in [-0.4, -0.2) is 52.7 Å². The molecule has 1 atom stereocenters. The first kappa shape index (κ1) is 17.5. The molecule has 1 unspecified atom stereocenters. The van der Waals surface area contributed by atoms with E-state index in [9.17, 15) is 15.2 Å². The topological polar surface area (TPSA) is 102 Å². The predicted molar refractivity (Wildman–Crippen MR) is 78.4 cm³/mol. The molecule has 0 saturated carbocycles. The highest BCUT2D eigenvalue weighted by Crippen LogP contribution is 2.24. The van der Waals surface area contributed by atoms with Crippen molar-refractivity contribution < 1.29 is 14.8 Å². The number of nitrogens with zero attached hydrogens (tertiary/aromatic N) is 3. The van der Waals surface area contributed by atoms with E-state index >= 15 is 0 Å². The number of aliphatic hydroxyl groups excluding tert-OH is 1. The molecule has 0 aliphatic rings. The number of methoxy groups -OCH3 is 1. The summed E-state index contributed by atoms with van der Waals surface area (Å²) >= 11 is 0. The fraction of sp³-hybridized carbons (Fsp3) is 0.769. The van der Waals surface area contributed by atoms with Gasteiger partial charge in [-0.05, 0) is 12.8 Å². The van der Waals surface area contributed by atoms with Gasteiger partial charge in [-0.25, -0.2) is 0 Å². The van der Waals surface area contributed by atoms with Crippen LogP contribution in [0.25, 0.3) is 0 Å². The van der Waals surface area contributed by atoms with Crippen molar-refractivity contribution in [3.63, 3.8) is 0 Å². The maximum absolute atomic E-state index is 11.2. The molecule has 1 heterocycles. The Morgan fingerprint density at radius 2 is 2.19 bits per heavy atom. The lowest BCUT2D eigenvalue weighted by atomic mass is 10.2. The third-order valence-electron chi connectivity index (χ3n) is 3.20. The van der Waals surface area contributed by atoms with Crippen LogP contribution in [0.5, 0.6) is 0 Å². The number of hydrogen-bond donors (Lipinski definition) is 2. The molecule has 0 aliphatic heterocycles. The molecular formula is C13H24N4O4. The molecule has 0 aromatic carbocycles. The van der Waals surface area contributed by atoms with Gasteiger partial charge in [-0.15, -0.1) is 0 Å². The summed E-state index contributed by atoms with van der Waals surface area (Å²) in [4.78, 5) is 10.8. The number of ether oxygens (including phenoxy) is 1. The first-order valence-corrected chi connectivity index (χ1v) is 7.15. The summed E-state index contributed by atoms with van der Waals surface area (Å²) in [7, 11) is 1.61. The van der Waals surface area contributed by atoms with Crippen LogP contribution in [0.2, 0.25) is 0 Å². The van der Waals surface area contributed by atoms with Crippen LogP contribution >= 0.6 is 0 Å². The lowest BCUT2D eigenvalue weighted by Gasteiger charge is -2.13. The van der Waals surface area contributed by atoms with Crippen LogP contribution < -0.4 is 5.32 Å². The SMILES string of the molecule is CCc1nn(CC(O)CNCCOC)c(CC)c1[N+](=O)[O-]. The Morgan fingerprint density at radius 3 is 2.71 bits per heavy atom. The van der Waals surface area contributed by atoms with Gasteiger partial charge in [0.1, 0.15) is 11.4 Å². The summed E-state index contributed by atoms with van der Waals surface area (Å²) in [5, 5.41) is 28.5. The summed E-state index contributed by atoms with van der Waals surface area (Å²) in [5.41, 5.74) is 1.11. The zero-order valence-electron chi connectivity index (χ0n) is 12.8. The molecule has 21 heavy (non-hydrogen) atoms. The first-order valence-electron chi connectivity index (χ1n) is 7.15. The van der Waals surface area contributed by atoms with Crippen molar-refractivity contribution in [2.24, 2.45) is 0 Å². The van der Waals surface area contributed by atoms with Gasteiger partial charge in [0.25, 0.3) is 0 Å². The highest BCUT2D eigenvalue weighted by molar-refractivity contribution is 5.41. The van der Waals surface area contributed by atoms with Gasteiger partial charge < -0.3 is 15.2 Å². The van der Waals surface area contributed by atoms with E-state index in [0.717, 1.165) is 0 Å². The minimum absolute atomic E-state index is 0.0829. The van der Waals surface area contributed by atoms with E-state index in [2.05, 4.69) is 10.4 Å². The molecule has 0 spiro atoms. The quantitative estimate of drug-likeness (QED) is 0.371. The van der Waals surface area contributed by atoms with Gasteiger partial charge in [0.2, 0.25) is 0 Å². The lowest BCUT2D eigenvalue weighted by molar-refractivity contribution is -0.386. The molecule has 120 valence electrons. The Labute approximate surface area is 124 Å². The second-order valence-corrected chi connectivity index (χ2v) is 4.74. The molecule has 0 saturated heterocycles. The second kappa shape index (κ2) is 8.71. The molecule has 0 radical (unpaired) electrons. The zero-order chi connectivity index (χ0) is 15.8. The third kappa shape index (κ3) is 4.76. The largest absolute Gasteiger partial charge is 0.390 e. The van der Waals surface area contributed by atoms with Crippen molar-refractivity contribution in [3.8, 4) is 0 Å². The Balaban J connectivity index is 2.76. The molecule has 0 aliphatic carbocycles. The molecule has 0 amide bonds. The van der Waals surface area contributed by atoms with Crippen molar-refractivity contribution in [1.82, 2.24) is 15.1 Å². The van der Waals surface area contributed by atoms with E-state index in [4.69, 9.17) is 4.74 Å². The minimum Gasteiger partial charge on any atom is -0.390 e. The zero-order valence-corrected chi connectivity index (χ0v) is 12.8. The van der Waals surface area contributed by atoms with E-state index in [0.29, 0.717) is 43.9 Å². The van der Waals surface area contributed by atoms with Gasteiger partial charge >= 0.3 is 5.69 Å². The van der Waals surface area contributed by atoms with Crippen molar-refractivity contribution in [1.29, 1.82) is 0 Å². The third-order valence-corrected chi connectivity index (χ3v) is 3.20. The number of aromatic nitrogens is 2. The fourth-order valence-corrected chi connectivity index (χ4v) is 2.20. The molecule has 0 fully saturated rings. The van der Waals surface area contributed by atoms with Crippen LogP contribution in [0.3, 0.4) is 0 Å². The number of nitro groups is 1. The molecular weight excluding hydrogens is 276 g/mol. The van der Waals surface area contributed by atoms with Crippen molar-refractivity contribution in [2.45, 2.75) is 39.3 Å². The lowest BCUT2D eigenvalue weighted by Crippen LogP contribution is -2.32. The maximum atomic E-state index is 11.2. The Hall–Kier alpha value is -1.51. The van der Waals surface area contributed by atoms with E-state index in [1.54, 1.807) is 11.8 Å². The predicted octanol–water partition coefficient (Wildman–Crippen LogP) is 0.513. The smallest absolute Gasteiger partial charge is 0.313 e. The molecule has 1 rings (SSSR count). The van der Waals surface area contributed by atoms with Crippen LogP contribution in [-0.2, 0) is 24.1 Å². The average Bonchev–Trinajstić information content (AvgIpc) is 2.81. The Bertz CT molecular complexity index is 461. The van der Waals surface area contributed by atoms with E-state index < -0.39 is 6.10 Å². The van der Waals surface area contributed by atoms with Crippen molar-refractivity contribution >= 4 is 5.69 Å². The molecule has 1 aromatic rings. The Morgan fingerprint density at radius 1 is 1.48 bits per heavy atom. The van der Waals surface area contributed by atoms with Gasteiger partial charge in [-0.1, -0.05) is 13.8 Å². The van der Waals surface area contributed by atoms with Crippen LogP contribution in [0.1, 0.15) is 25.2 Å². The molecule has 0 bridgehead atoms. The number of hydrogen-bond acceptors (Lipinski definition) is 6. The number of aryl methyl sites for hydroxylation is 1.